The lowest BCUT2D eigenvalue weighted by Gasteiger charge is -2.08. The molecule has 0 fully saturated rings. The number of nitrogens with zero attached hydrogens (tertiary/aromatic N) is 1. The first-order valence-corrected chi connectivity index (χ1v) is 8.59. The molecule has 0 bridgehead atoms. The number of benzene rings is 1. The summed E-state index contributed by atoms with van der Waals surface area (Å²) < 4.78 is 5.94. The lowest BCUT2D eigenvalue weighted by atomic mass is 10.1. The highest BCUT2D eigenvalue weighted by Gasteiger charge is 2.21. The van der Waals surface area contributed by atoms with Crippen LogP contribution in [0.15, 0.2) is 53.2 Å². The highest BCUT2D eigenvalue weighted by atomic mass is 16.5. The molecule has 1 amide bonds. The van der Waals surface area contributed by atoms with Crippen molar-refractivity contribution in [3.8, 4) is 5.75 Å². The molecule has 5 nitrogen and oxygen atoms in total. The minimum atomic E-state index is -0.129. The number of aromatic amines is 1. The number of carbonyl (C=O) groups is 1. The number of rotatable bonds is 4. The fraction of sp³-hybridized carbons (Fsp3) is 0.300. The van der Waals surface area contributed by atoms with E-state index in [-0.39, 0.29) is 11.9 Å². The molecule has 2 aromatic rings. The lowest BCUT2D eigenvalue weighted by molar-refractivity contribution is 0.0944. The number of para-hydroxylation sites is 1. The molecule has 0 aliphatic carbocycles. The van der Waals surface area contributed by atoms with Crippen molar-refractivity contribution in [2.24, 2.45) is 4.99 Å². The number of allylic oxidation sites excluding steroid dienone is 1. The smallest absolute Gasteiger partial charge is 0.255 e. The molecule has 3 rings (SSSR count). The van der Waals surface area contributed by atoms with Crippen molar-refractivity contribution >= 4 is 17.5 Å². The summed E-state index contributed by atoms with van der Waals surface area (Å²) in [6.45, 7) is 5.98. The van der Waals surface area contributed by atoms with Crippen molar-refractivity contribution in [3.05, 3.63) is 59.4 Å². The Hall–Kier alpha value is -2.82. The fourth-order valence-electron chi connectivity index (χ4n) is 2.72. The molecule has 2 heterocycles. The second kappa shape index (κ2) is 7.38. The van der Waals surface area contributed by atoms with Gasteiger partial charge in [0.2, 0.25) is 5.90 Å². The van der Waals surface area contributed by atoms with Gasteiger partial charge in [0.15, 0.2) is 0 Å². The maximum absolute atomic E-state index is 12.5. The van der Waals surface area contributed by atoms with Gasteiger partial charge in [-0.3, -0.25) is 4.79 Å². The van der Waals surface area contributed by atoms with E-state index in [2.05, 4.69) is 22.2 Å². The van der Waals surface area contributed by atoms with Crippen LogP contribution in [0.25, 0.3) is 0 Å². The Balaban J connectivity index is 1.98. The first-order valence-electron chi connectivity index (χ1n) is 8.59. The van der Waals surface area contributed by atoms with Crippen LogP contribution in [0.5, 0.6) is 5.75 Å². The first kappa shape index (κ1) is 17.0. The lowest BCUT2D eigenvalue weighted by Crippen LogP contribution is -2.29. The highest BCUT2D eigenvalue weighted by Crippen LogP contribution is 2.30. The molecule has 0 atom stereocenters. The quantitative estimate of drug-likeness (QED) is 0.880. The zero-order valence-corrected chi connectivity index (χ0v) is 14.8. The van der Waals surface area contributed by atoms with Gasteiger partial charge in [-0.15, -0.1) is 0 Å². The van der Waals surface area contributed by atoms with Crippen molar-refractivity contribution in [3.63, 3.8) is 0 Å². The number of fused-ring (bicyclic) bond motifs is 1. The summed E-state index contributed by atoms with van der Waals surface area (Å²) in [4.78, 5) is 20.3. The second-order valence-electron chi connectivity index (χ2n) is 6.36. The van der Waals surface area contributed by atoms with Crippen molar-refractivity contribution in [1.29, 1.82) is 0 Å². The number of aliphatic imine (C=N–C) groups is 1. The Labute approximate surface area is 147 Å². The average molecular weight is 337 g/mol. The van der Waals surface area contributed by atoms with E-state index in [0.29, 0.717) is 17.1 Å². The zero-order chi connectivity index (χ0) is 17.8. The predicted molar refractivity (Wildman–Crippen MR) is 99.6 cm³/mol. The molecule has 0 unspecified atom stereocenters. The molecular formula is C20H23N3O2. The summed E-state index contributed by atoms with van der Waals surface area (Å²) in [5.74, 6) is 1.09. The fourth-order valence-corrected chi connectivity index (χ4v) is 2.72. The van der Waals surface area contributed by atoms with Crippen LogP contribution < -0.4 is 10.1 Å². The van der Waals surface area contributed by atoms with Crippen LogP contribution in [0, 0.1) is 0 Å². The normalized spacial score (nSPS) is 13.6. The molecule has 1 aromatic heterocycles. The summed E-state index contributed by atoms with van der Waals surface area (Å²) in [5, 5.41) is 2.92. The molecule has 1 aromatic carbocycles. The Morgan fingerprint density at radius 3 is 2.76 bits per heavy atom. The van der Waals surface area contributed by atoms with Gasteiger partial charge in [-0.2, -0.15) is 0 Å². The van der Waals surface area contributed by atoms with Crippen LogP contribution in [-0.4, -0.2) is 22.8 Å². The van der Waals surface area contributed by atoms with E-state index in [1.54, 1.807) is 6.20 Å². The molecule has 0 saturated carbocycles. The molecule has 2 N–H and O–H groups in total. The van der Waals surface area contributed by atoms with Gasteiger partial charge < -0.3 is 15.0 Å². The Kier molecular flexibility index (Phi) is 5.03. The van der Waals surface area contributed by atoms with Gasteiger partial charge in [-0.1, -0.05) is 30.7 Å². The Morgan fingerprint density at radius 2 is 2.08 bits per heavy atom. The Morgan fingerprint density at radius 1 is 1.32 bits per heavy atom. The molecule has 25 heavy (non-hydrogen) atoms. The standard InChI is InChI=1S/C20H23N3O2/c1-4-14-10-17-19(16(12-21-17)20(24)22-13(2)3)23-18(11-14)25-15-8-6-5-7-9-15/h5-9,11-13,21H,4,10H2,1-3H3,(H,22,24). The number of hydrogen-bond acceptors (Lipinski definition) is 3. The molecule has 0 saturated heterocycles. The van der Waals surface area contributed by atoms with Gasteiger partial charge in [0, 0.05) is 30.4 Å². The van der Waals surface area contributed by atoms with Crippen LogP contribution in [0.2, 0.25) is 0 Å². The topological polar surface area (TPSA) is 66.5 Å². The van der Waals surface area contributed by atoms with Crippen LogP contribution in [0.1, 0.15) is 43.2 Å². The van der Waals surface area contributed by atoms with Crippen LogP contribution in [0.4, 0.5) is 5.69 Å². The first-order chi connectivity index (χ1) is 12.1. The largest absolute Gasteiger partial charge is 0.439 e. The number of aromatic nitrogens is 1. The van der Waals surface area contributed by atoms with E-state index in [0.717, 1.165) is 24.3 Å². The molecule has 1 aliphatic rings. The highest BCUT2D eigenvalue weighted by molar-refractivity contribution is 6.02. The summed E-state index contributed by atoms with van der Waals surface area (Å²) in [6.07, 6.45) is 5.31. The van der Waals surface area contributed by atoms with E-state index >= 15 is 0 Å². The third kappa shape index (κ3) is 3.99. The average Bonchev–Trinajstić information content (AvgIpc) is 2.88. The molecule has 130 valence electrons. The van der Waals surface area contributed by atoms with E-state index in [4.69, 9.17) is 4.74 Å². The Bertz CT molecular complexity index is 817. The van der Waals surface area contributed by atoms with Crippen molar-refractivity contribution in [1.82, 2.24) is 10.3 Å². The molecule has 1 aliphatic heterocycles. The summed E-state index contributed by atoms with van der Waals surface area (Å²) in [6, 6.07) is 9.61. The van der Waals surface area contributed by atoms with Crippen LogP contribution in [0.3, 0.4) is 0 Å². The summed E-state index contributed by atoms with van der Waals surface area (Å²) in [7, 11) is 0. The molecule has 0 radical (unpaired) electrons. The van der Waals surface area contributed by atoms with Crippen molar-refractivity contribution in [2.75, 3.05) is 0 Å². The minimum Gasteiger partial charge on any atom is -0.439 e. The van der Waals surface area contributed by atoms with Crippen molar-refractivity contribution < 1.29 is 9.53 Å². The molecular weight excluding hydrogens is 314 g/mol. The van der Waals surface area contributed by atoms with Crippen LogP contribution >= 0.6 is 0 Å². The summed E-state index contributed by atoms with van der Waals surface area (Å²) >= 11 is 0. The zero-order valence-electron chi connectivity index (χ0n) is 14.8. The van der Waals surface area contributed by atoms with Gasteiger partial charge in [0.1, 0.15) is 11.4 Å². The predicted octanol–water partition coefficient (Wildman–Crippen LogP) is 4.15. The minimum absolute atomic E-state index is 0.0668. The van der Waals surface area contributed by atoms with Crippen LogP contribution in [-0.2, 0) is 6.42 Å². The SMILES string of the molecule is CCC1=CC(Oc2ccccc2)=Nc2c(C(=O)NC(C)C)c[nH]c2C1. The number of H-pyrrole nitrogens is 1. The van der Waals surface area contributed by atoms with Gasteiger partial charge in [0.05, 0.1) is 5.56 Å². The monoisotopic (exact) mass is 337 g/mol. The third-order valence-electron chi connectivity index (χ3n) is 3.97. The van der Waals surface area contributed by atoms with Gasteiger partial charge in [0.25, 0.3) is 5.91 Å². The van der Waals surface area contributed by atoms with E-state index in [1.165, 1.54) is 5.57 Å². The second-order valence-corrected chi connectivity index (χ2v) is 6.36. The summed E-state index contributed by atoms with van der Waals surface area (Å²) in [5.41, 5.74) is 3.34. The number of nitrogens with one attached hydrogen (secondary N) is 2. The van der Waals surface area contributed by atoms with Gasteiger partial charge >= 0.3 is 0 Å². The number of ether oxygens (including phenoxy) is 1. The van der Waals surface area contributed by atoms with E-state index in [9.17, 15) is 4.79 Å². The number of carbonyl (C=O) groups excluding carboxylic acids is 1. The molecule has 0 spiro atoms. The van der Waals surface area contributed by atoms with Gasteiger partial charge in [-0.25, -0.2) is 4.99 Å². The van der Waals surface area contributed by atoms with Crippen molar-refractivity contribution in [2.45, 2.75) is 39.7 Å². The third-order valence-corrected chi connectivity index (χ3v) is 3.97. The maximum Gasteiger partial charge on any atom is 0.255 e. The molecule has 5 heteroatoms. The van der Waals surface area contributed by atoms with Gasteiger partial charge in [-0.05, 0) is 32.4 Å². The number of amides is 1. The van der Waals surface area contributed by atoms with E-state index < -0.39 is 0 Å². The van der Waals surface area contributed by atoms with E-state index in [1.807, 2.05) is 50.3 Å². The number of hydrogen-bond donors (Lipinski definition) is 2. The maximum atomic E-state index is 12.5.